The average Bonchev–Trinajstić information content (AvgIpc) is 2.48. The zero-order chi connectivity index (χ0) is 13.9. The van der Waals surface area contributed by atoms with E-state index in [-0.39, 0.29) is 0 Å². The Morgan fingerprint density at radius 1 is 1.25 bits per heavy atom. The van der Waals surface area contributed by atoms with Crippen LogP contribution < -0.4 is 5.32 Å². The first-order valence-corrected chi connectivity index (χ1v) is 8.71. The molecule has 0 bridgehead atoms. The van der Waals surface area contributed by atoms with E-state index in [1.807, 2.05) is 11.8 Å². The van der Waals surface area contributed by atoms with Crippen molar-refractivity contribution in [2.75, 3.05) is 11.6 Å². The number of aryl methyl sites for hydroxylation is 1. The van der Waals surface area contributed by atoms with Crippen LogP contribution in [0.15, 0.2) is 30.3 Å². The van der Waals surface area contributed by atoms with Crippen LogP contribution in [0.2, 0.25) is 0 Å². The molecule has 1 N–H and O–H groups in total. The number of nitrogens with one attached hydrogen (secondary N) is 1. The summed E-state index contributed by atoms with van der Waals surface area (Å²) >= 11 is 2.01. The quantitative estimate of drug-likeness (QED) is 0.890. The summed E-state index contributed by atoms with van der Waals surface area (Å²) in [5.41, 5.74) is 2.33. The van der Waals surface area contributed by atoms with Gasteiger partial charge in [-0.3, -0.25) is 0 Å². The Bertz CT molecular complexity index is 597. The molecule has 1 fully saturated rings. The predicted octanol–water partition coefficient (Wildman–Crippen LogP) is 4.63. The molecule has 3 rings (SSSR count). The molecule has 1 aromatic carbocycles. The highest BCUT2D eigenvalue weighted by Crippen LogP contribution is 2.29. The second-order valence-electron chi connectivity index (χ2n) is 5.71. The topological polar surface area (TPSA) is 24.9 Å². The lowest BCUT2D eigenvalue weighted by Gasteiger charge is -2.29. The van der Waals surface area contributed by atoms with Gasteiger partial charge in [-0.25, -0.2) is 4.98 Å². The predicted molar refractivity (Wildman–Crippen MR) is 89.7 cm³/mol. The van der Waals surface area contributed by atoms with E-state index in [4.69, 9.17) is 4.98 Å². The van der Waals surface area contributed by atoms with E-state index in [9.17, 15) is 0 Å². The molecule has 0 radical (unpaired) electrons. The number of nitrogens with zero attached hydrogens (tertiary/aromatic N) is 1. The molecule has 2 aromatic rings. The van der Waals surface area contributed by atoms with Crippen LogP contribution in [-0.4, -0.2) is 22.5 Å². The minimum Gasteiger partial charge on any atom is -0.367 e. The van der Waals surface area contributed by atoms with E-state index < -0.39 is 0 Å². The van der Waals surface area contributed by atoms with E-state index in [1.165, 1.54) is 36.6 Å². The monoisotopic (exact) mass is 286 g/mol. The van der Waals surface area contributed by atoms with Gasteiger partial charge in [0.15, 0.2) is 0 Å². The van der Waals surface area contributed by atoms with Crippen molar-refractivity contribution in [1.82, 2.24) is 4.98 Å². The lowest BCUT2D eigenvalue weighted by molar-refractivity contribution is 0.472. The zero-order valence-corrected chi connectivity index (χ0v) is 13.0. The molecule has 2 nitrogen and oxygen atoms in total. The second-order valence-corrected chi connectivity index (χ2v) is 6.85. The molecule has 0 amide bonds. The van der Waals surface area contributed by atoms with E-state index >= 15 is 0 Å². The summed E-state index contributed by atoms with van der Waals surface area (Å²) in [4.78, 5) is 4.80. The maximum Gasteiger partial charge on any atom is 0.129 e. The fourth-order valence-corrected chi connectivity index (χ4v) is 3.88. The van der Waals surface area contributed by atoms with Crippen molar-refractivity contribution in [3.05, 3.63) is 35.9 Å². The van der Waals surface area contributed by atoms with Gasteiger partial charge in [-0.05, 0) is 50.1 Å². The van der Waals surface area contributed by atoms with Gasteiger partial charge in [0.05, 0.1) is 5.52 Å². The summed E-state index contributed by atoms with van der Waals surface area (Å²) in [6, 6.07) is 11.2. The van der Waals surface area contributed by atoms with Crippen molar-refractivity contribution in [3.8, 4) is 0 Å². The molecule has 0 aliphatic heterocycles. The van der Waals surface area contributed by atoms with Gasteiger partial charge >= 0.3 is 0 Å². The summed E-state index contributed by atoms with van der Waals surface area (Å²) in [5, 5.41) is 5.71. The minimum atomic E-state index is 0.577. The van der Waals surface area contributed by atoms with E-state index in [2.05, 4.69) is 48.8 Å². The molecule has 1 aliphatic rings. The van der Waals surface area contributed by atoms with Crippen LogP contribution in [0.25, 0.3) is 10.9 Å². The van der Waals surface area contributed by atoms with Crippen LogP contribution >= 0.6 is 11.8 Å². The first-order chi connectivity index (χ1) is 9.76. The number of hydrogen-bond acceptors (Lipinski definition) is 3. The van der Waals surface area contributed by atoms with Crippen LogP contribution in [0.1, 0.15) is 31.2 Å². The van der Waals surface area contributed by atoms with Crippen LogP contribution in [0.5, 0.6) is 0 Å². The van der Waals surface area contributed by atoms with Crippen molar-refractivity contribution in [3.63, 3.8) is 0 Å². The maximum absolute atomic E-state index is 4.80. The molecule has 20 heavy (non-hydrogen) atoms. The third-order valence-electron chi connectivity index (χ3n) is 4.21. The summed E-state index contributed by atoms with van der Waals surface area (Å²) in [6.07, 6.45) is 7.45. The number of para-hydroxylation sites is 1. The number of anilines is 1. The largest absolute Gasteiger partial charge is 0.367 e. The van der Waals surface area contributed by atoms with E-state index in [0.717, 1.165) is 16.6 Å². The molecule has 106 valence electrons. The highest BCUT2D eigenvalue weighted by Gasteiger charge is 2.21. The molecule has 2 unspecified atom stereocenters. The molecule has 1 saturated carbocycles. The summed E-state index contributed by atoms with van der Waals surface area (Å²) in [7, 11) is 0. The van der Waals surface area contributed by atoms with Crippen molar-refractivity contribution in [2.24, 2.45) is 0 Å². The fraction of sp³-hybridized carbons (Fsp3) is 0.471. The Morgan fingerprint density at radius 2 is 2.10 bits per heavy atom. The molecular weight excluding hydrogens is 264 g/mol. The second kappa shape index (κ2) is 6.04. The molecule has 1 aromatic heterocycles. The van der Waals surface area contributed by atoms with Crippen molar-refractivity contribution >= 4 is 28.5 Å². The van der Waals surface area contributed by atoms with Gasteiger partial charge in [-0.2, -0.15) is 11.8 Å². The van der Waals surface area contributed by atoms with Gasteiger partial charge in [0, 0.05) is 16.7 Å². The van der Waals surface area contributed by atoms with Gasteiger partial charge in [-0.15, -0.1) is 0 Å². The lowest BCUT2D eigenvalue weighted by atomic mass is 9.95. The fourth-order valence-electron chi connectivity index (χ4n) is 3.05. The van der Waals surface area contributed by atoms with Gasteiger partial charge < -0.3 is 5.32 Å². The molecule has 0 saturated heterocycles. The van der Waals surface area contributed by atoms with Crippen LogP contribution in [0.3, 0.4) is 0 Å². The van der Waals surface area contributed by atoms with Crippen molar-refractivity contribution in [2.45, 2.75) is 43.9 Å². The maximum atomic E-state index is 4.80. The molecule has 0 spiro atoms. The number of pyridine rings is 1. The van der Waals surface area contributed by atoms with E-state index in [0.29, 0.717) is 6.04 Å². The van der Waals surface area contributed by atoms with E-state index in [1.54, 1.807) is 0 Å². The third kappa shape index (κ3) is 2.93. The lowest BCUT2D eigenvalue weighted by Crippen LogP contribution is -2.29. The van der Waals surface area contributed by atoms with Gasteiger partial charge in [-0.1, -0.05) is 24.6 Å². The zero-order valence-electron chi connectivity index (χ0n) is 12.2. The van der Waals surface area contributed by atoms with Gasteiger partial charge in [0.1, 0.15) is 5.82 Å². The Morgan fingerprint density at radius 3 is 2.95 bits per heavy atom. The summed E-state index contributed by atoms with van der Waals surface area (Å²) in [6.45, 7) is 2.15. The number of rotatable bonds is 3. The first-order valence-electron chi connectivity index (χ1n) is 7.42. The highest BCUT2D eigenvalue weighted by molar-refractivity contribution is 7.99. The standard InChI is InChI=1S/C17H22N2S/c1-12-10-13-6-3-4-9-16(13)19-17(12)18-14-7-5-8-15(11-14)20-2/h3-4,6,9-10,14-15H,5,7-8,11H2,1-2H3,(H,18,19). The van der Waals surface area contributed by atoms with Crippen LogP contribution in [0, 0.1) is 6.92 Å². The summed E-state index contributed by atoms with van der Waals surface area (Å²) < 4.78 is 0. The number of fused-ring (bicyclic) bond motifs is 1. The molecule has 1 heterocycles. The SMILES string of the molecule is CSC1CCCC(Nc2nc3ccccc3cc2C)C1. The molecule has 2 atom stereocenters. The number of hydrogen-bond donors (Lipinski definition) is 1. The number of thioether (sulfide) groups is 1. The molecule has 1 aliphatic carbocycles. The molecule has 3 heteroatoms. The van der Waals surface area contributed by atoms with Crippen LogP contribution in [0.4, 0.5) is 5.82 Å². The Labute approximate surface area is 125 Å². The summed E-state index contributed by atoms with van der Waals surface area (Å²) in [5.74, 6) is 1.07. The normalized spacial score (nSPS) is 22.9. The van der Waals surface area contributed by atoms with Gasteiger partial charge in [0.25, 0.3) is 0 Å². The average molecular weight is 286 g/mol. The minimum absolute atomic E-state index is 0.577. The van der Waals surface area contributed by atoms with Crippen molar-refractivity contribution in [1.29, 1.82) is 0 Å². The first kappa shape index (κ1) is 13.7. The molecular formula is C17H22N2S. The third-order valence-corrected chi connectivity index (χ3v) is 5.31. The Kier molecular flexibility index (Phi) is 4.16. The van der Waals surface area contributed by atoms with Crippen LogP contribution in [-0.2, 0) is 0 Å². The number of benzene rings is 1. The highest BCUT2D eigenvalue weighted by atomic mass is 32.2. The van der Waals surface area contributed by atoms with Gasteiger partial charge in [0.2, 0.25) is 0 Å². The Hall–Kier alpha value is -1.22. The Balaban J connectivity index is 1.81. The van der Waals surface area contributed by atoms with Crippen molar-refractivity contribution < 1.29 is 0 Å². The smallest absolute Gasteiger partial charge is 0.129 e. The number of aromatic nitrogens is 1.